The van der Waals surface area contributed by atoms with E-state index in [1.54, 1.807) is 7.11 Å². The van der Waals surface area contributed by atoms with Crippen LogP contribution >= 0.6 is 11.5 Å². The summed E-state index contributed by atoms with van der Waals surface area (Å²) in [5.41, 5.74) is 5.83. The lowest BCUT2D eigenvalue weighted by molar-refractivity contribution is 0.178. The first kappa shape index (κ1) is 14.3. The summed E-state index contributed by atoms with van der Waals surface area (Å²) in [6.45, 7) is 7.70. The predicted octanol–water partition coefficient (Wildman–Crippen LogP) is 1.61. The summed E-state index contributed by atoms with van der Waals surface area (Å²) in [5.74, 6) is 0.881. The second kappa shape index (κ2) is 6.28. The molecule has 0 radical (unpaired) electrons. The van der Waals surface area contributed by atoms with Crippen LogP contribution in [0.5, 0.6) is 0 Å². The molecule has 1 aromatic heterocycles. The van der Waals surface area contributed by atoms with Gasteiger partial charge < -0.3 is 15.8 Å². The van der Waals surface area contributed by atoms with Crippen LogP contribution in [0.15, 0.2) is 0 Å². The molecule has 0 spiro atoms. The Kier molecular flexibility index (Phi) is 5.30. The van der Waals surface area contributed by atoms with Gasteiger partial charge in [0.05, 0.1) is 6.61 Å². The molecule has 17 heavy (non-hydrogen) atoms. The van der Waals surface area contributed by atoms with Crippen molar-refractivity contribution >= 4 is 16.7 Å². The van der Waals surface area contributed by atoms with E-state index >= 15 is 0 Å². The van der Waals surface area contributed by atoms with Gasteiger partial charge in [-0.2, -0.15) is 4.37 Å². The topological polar surface area (TPSA) is 73.1 Å². The fraction of sp³-hybridized carbons (Fsp3) is 0.818. The smallest absolute Gasteiger partial charge is 0.202 e. The number of hydrogen-bond donors (Lipinski definition) is 2. The Morgan fingerprint density at radius 1 is 1.47 bits per heavy atom. The maximum atomic E-state index is 5.83. The minimum atomic E-state index is 0.00286. The van der Waals surface area contributed by atoms with Gasteiger partial charge in [0.1, 0.15) is 5.82 Å². The van der Waals surface area contributed by atoms with E-state index in [9.17, 15) is 0 Å². The van der Waals surface area contributed by atoms with E-state index in [2.05, 4.69) is 35.4 Å². The highest BCUT2D eigenvalue weighted by Gasteiger charge is 2.19. The van der Waals surface area contributed by atoms with Crippen molar-refractivity contribution in [2.75, 3.05) is 25.6 Å². The number of nitrogens with zero attached hydrogens (tertiary/aromatic N) is 2. The Labute approximate surface area is 107 Å². The molecule has 1 heterocycles. The molecule has 0 saturated heterocycles. The van der Waals surface area contributed by atoms with Crippen molar-refractivity contribution in [3.05, 3.63) is 5.82 Å². The minimum absolute atomic E-state index is 0.00286. The Morgan fingerprint density at radius 3 is 2.71 bits per heavy atom. The van der Waals surface area contributed by atoms with Crippen LogP contribution < -0.4 is 11.1 Å². The summed E-state index contributed by atoms with van der Waals surface area (Å²) in [6, 6.07) is 0.0718. The van der Waals surface area contributed by atoms with Crippen LogP contribution in [0.4, 0.5) is 5.13 Å². The lowest BCUT2D eigenvalue weighted by Crippen LogP contribution is -2.28. The van der Waals surface area contributed by atoms with Gasteiger partial charge in [-0.1, -0.05) is 20.8 Å². The second-order valence-corrected chi connectivity index (χ2v) is 5.86. The summed E-state index contributed by atoms with van der Waals surface area (Å²) < 4.78 is 9.31. The van der Waals surface area contributed by atoms with Gasteiger partial charge in [0.25, 0.3) is 0 Å². The molecule has 0 fully saturated rings. The van der Waals surface area contributed by atoms with E-state index in [-0.39, 0.29) is 11.5 Å². The number of nitrogens with one attached hydrogen (secondary N) is 1. The molecule has 0 aliphatic carbocycles. The van der Waals surface area contributed by atoms with Gasteiger partial charge >= 0.3 is 0 Å². The third-order valence-electron chi connectivity index (χ3n) is 2.27. The highest BCUT2D eigenvalue weighted by Crippen LogP contribution is 2.22. The van der Waals surface area contributed by atoms with Crippen molar-refractivity contribution in [2.45, 2.75) is 38.6 Å². The quantitative estimate of drug-likeness (QED) is 0.811. The first-order valence-electron chi connectivity index (χ1n) is 5.76. The molecule has 1 aromatic rings. The molecular formula is C11H22N4OS. The number of methoxy groups -OCH3 is 1. The molecule has 0 amide bonds. The SMILES string of the molecule is COCC(N)CCNc1nc(C(C)(C)C)ns1. The van der Waals surface area contributed by atoms with Crippen molar-refractivity contribution in [1.82, 2.24) is 9.36 Å². The predicted molar refractivity (Wildman–Crippen MR) is 71.6 cm³/mol. The Bertz CT molecular complexity index is 334. The van der Waals surface area contributed by atoms with E-state index in [1.807, 2.05) is 0 Å². The van der Waals surface area contributed by atoms with Gasteiger partial charge in [0, 0.05) is 36.6 Å². The van der Waals surface area contributed by atoms with Crippen molar-refractivity contribution in [3.63, 3.8) is 0 Å². The molecule has 6 heteroatoms. The van der Waals surface area contributed by atoms with E-state index in [4.69, 9.17) is 10.5 Å². The van der Waals surface area contributed by atoms with Gasteiger partial charge in [-0.25, -0.2) is 4.98 Å². The van der Waals surface area contributed by atoms with E-state index < -0.39 is 0 Å². The van der Waals surface area contributed by atoms with Crippen molar-refractivity contribution in [1.29, 1.82) is 0 Å². The Hall–Kier alpha value is -0.720. The zero-order chi connectivity index (χ0) is 12.9. The van der Waals surface area contributed by atoms with Gasteiger partial charge in [0.15, 0.2) is 0 Å². The molecule has 0 aliphatic rings. The van der Waals surface area contributed by atoms with Crippen LogP contribution in [0.2, 0.25) is 0 Å². The van der Waals surface area contributed by atoms with Crippen molar-refractivity contribution in [3.8, 4) is 0 Å². The fourth-order valence-electron chi connectivity index (χ4n) is 1.26. The molecule has 0 bridgehead atoms. The monoisotopic (exact) mass is 258 g/mol. The summed E-state index contributed by atoms with van der Waals surface area (Å²) in [6.07, 6.45) is 0.859. The van der Waals surface area contributed by atoms with Gasteiger partial charge in [-0.3, -0.25) is 0 Å². The van der Waals surface area contributed by atoms with Gasteiger partial charge in [-0.05, 0) is 6.42 Å². The Morgan fingerprint density at radius 2 is 2.18 bits per heavy atom. The fourth-order valence-corrected chi connectivity index (χ4v) is 2.04. The maximum Gasteiger partial charge on any atom is 0.202 e. The summed E-state index contributed by atoms with van der Waals surface area (Å²) in [7, 11) is 1.66. The first-order chi connectivity index (χ1) is 7.93. The Balaban J connectivity index is 2.35. The number of aromatic nitrogens is 2. The third-order valence-corrected chi connectivity index (χ3v) is 2.94. The number of hydrogen-bond acceptors (Lipinski definition) is 6. The van der Waals surface area contributed by atoms with Gasteiger partial charge in [0.2, 0.25) is 5.13 Å². The normalized spacial score (nSPS) is 13.7. The highest BCUT2D eigenvalue weighted by molar-refractivity contribution is 7.09. The van der Waals surface area contributed by atoms with E-state index in [0.717, 1.165) is 23.9 Å². The lowest BCUT2D eigenvalue weighted by Gasteiger charge is -2.12. The van der Waals surface area contributed by atoms with Crippen molar-refractivity contribution < 1.29 is 4.74 Å². The molecular weight excluding hydrogens is 236 g/mol. The summed E-state index contributed by atoms with van der Waals surface area (Å²) >= 11 is 1.40. The molecule has 1 atom stereocenters. The molecule has 0 aliphatic heterocycles. The molecule has 3 N–H and O–H groups in total. The van der Waals surface area contributed by atoms with Crippen LogP contribution in [0.1, 0.15) is 33.0 Å². The van der Waals surface area contributed by atoms with Gasteiger partial charge in [-0.15, -0.1) is 0 Å². The molecule has 1 unspecified atom stereocenters. The number of nitrogens with two attached hydrogens (primary N) is 1. The lowest BCUT2D eigenvalue weighted by atomic mass is 9.96. The third kappa shape index (κ3) is 4.97. The average Bonchev–Trinajstić information content (AvgIpc) is 2.66. The average molecular weight is 258 g/mol. The molecule has 0 aromatic carbocycles. The minimum Gasteiger partial charge on any atom is -0.383 e. The second-order valence-electron chi connectivity index (χ2n) is 5.10. The molecule has 1 rings (SSSR count). The zero-order valence-electron chi connectivity index (χ0n) is 11.0. The zero-order valence-corrected chi connectivity index (χ0v) is 11.8. The van der Waals surface area contributed by atoms with E-state index in [0.29, 0.717) is 6.61 Å². The van der Waals surface area contributed by atoms with Crippen LogP contribution in [0, 0.1) is 0 Å². The standard InChI is InChI=1S/C11H22N4OS/c1-11(2,3)9-14-10(17-15-9)13-6-5-8(12)7-16-4/h8H,5-7,12H2,1-4H3,(H,13,14,15). The van der Waals surface area contributed by atoms with Crippen molar-refractivity contribution in [2.24, 2.45) is 5.73 Å². The first-order valence-corrected chi connectivity index (χ1v) is 6.53. The van der Waals surface area contributed by atoms with Crippen LogP contribution in [0.25, 0.3) is 0 Å². The summed E-state index contributed by atoms with van der Waals surface area (Å²) in [4.78, 5) is 4.45. The molecule has 5 nitrogen and oxygen atoms in total. The largest absolute Gasteiger partial charge is 0.383 e. The van der Waals surface area contributed by atoms with Crippen LogP contribution in [-0.2, 0) is 10.2 Å². The van der Waals surface area contributed by atoms with E-state index in [1.165, 1.54) is 11.5 Å². The van der Waals surface area contributed by atoms with Crippen LogP contribution in [-0.4, -0.2) is 35.7 Å². The molecule has 0 saturated carbocycles. The summed E-state index contributed by atoms with van der Waals surface area (Å²) in [5, 5.41) is 4.10. The maximum absolute atomic E-state index is 5.83. The number of ether oxygens (including phenoxy) is 1. The molecule has 98 valence electrons. The van der Waals surface area contributed by atoms with Crippen LogP contribution in [0.3, 0.4) is 0 Å². The highest BCUT2D eigenvalue weighted by atomic mass is 32.1. The number of anilines is 1. The number of rotatable bonds is 6.